The summed E-state index contributed by atoms with van der Waals surface area (Å²) in [6.45, 7) is 4.24. The molecule has 0 saturated heterocycles. The fourth-order valence-electron chi connectivity index (χ4n) is 4.86. The summed E-state index contributed by atoms with van der Waals surface area (Å²) >= 11 is 0. The Kier molecular flexibility index (Phi) is 9.70. The number of aliphatic hydroxyl groups excluding tert-OH is 2. The maximum Gasteiger partial charge on any atom is 0.305 e. The van der Waals surface area contributed by atoms with Crippen LogP contribution in [0, 0.1) is 5.82 Å². The van der Waals surface area contributed by atoms with E-state index in [1.165, 1.54) is 12.1 Å². The number of carboxylic acid groups (broad SMARTS) is 1. The molecule has 0 aliphatic carbocycles. The second kappa shape index (κ2) is 13.4. The van der Waals surface area contributed by atoms with Gasteiger partial charge in [0, 0.05) is 24.0 Å². The molecule has 41 heavy (non-hydrogen) atoms. The Morgan fingerprint density at radius 2 is 1.56 bits per heavy atom. The first-order chi connectivity index (χ1) is 19.6. The number of carboxylic acids is 1. The quantitative estimate of drug-likeness (QED) is 0.163. The smallest absolute Gasteiger partial charge is 0.305 e. The van der Waals surface area contributed by atoms with Gasteiger partial charge in [-0.2, -0.15) is 0 Å². The van der Waals surface area contributed by atoms with Crippen molar-refractivity contribution in [3.63, 3.8) is 0 Å². The van der Waals surface area contributed by atoms with Gasteiger partial charge in [0.15, 0.2) is 0 Å². The number of benzene rings is 3. The van der Waals surface area contributed by atoms with Gasteiger partial charge >= 0.3 is 5.97 Å². The molecule has 1 heterocycles. The first-order valence-electron chi connectivity index (χ1n) is 13.7. The van der Waals surface area contributed by atoms with Crippen LogP contribution in [0.5, 0.6) is 0 Å². The summed E-state index contributed by atoms with van der Waals surface area (Å²) in [6, 6.07) is 23.0. The molecule has 1 amide bonds. The average molecular weight is 559 g/mol. The molecule has 214 valence electrons. The molecule has 2 atom stereocenters. The SMILES string of the molecule is CC(C)c1cccc(-c2c(C(=O)Nc3ccccc3)cn(C[C@H](O)CC[C@@H](O)CC(=O)O)c2-c2ccc(F)cc2)c1. The summed E-state index contributed by atoms with van der Waals surface area (Å²) in [5, 5.41) is 32.8. The van der Waals surface area contributed by atoms with Crippen LogP contribution in [0.4, 0.5) is 10.1 Å². The zero-order valence-corrected chi connectivity index (χ0v) is 23.1. The minimum atomic E-state index is -1.11. The number of anilines is 1. The van der Waals surface area contributed by atoms with Crippen LogP contribution in [-0.4, -0.2) is 44.0 Å². The van der Waals surface area contributed by atoms with Crippen molar-refractivity contribution in [3.05, 3.63) is 102 Å². The summed E-state index contributed by atoms with van der Waals surface area (Å²) in [5.74, 6) is -1.61. The predicted molar refractivity (Wildman–Crippen MR) is 157 cm³/mol. The van der Waals surface area contributed by atoms with Crippen LogP contribution < -0.4 is 5.32 Å². The molecule has 0 aliphatic heterocycles. The number of carbonyl (C=O) groups excluding carboxylic acids is 1. The van der Waals surface area contributed by atoms with Crippen LogP contribution in [0.1, 0.15) is 54.9 Å². The predicted octanol–water partition coefficient (Wildman–Crippen LogP) is 6.31. The zero-order valence-electron chi connectivity index (χ0n) is 23.1. The zero-order chi connectivity index (χ0) is 29.5. The minimum absolute atomic E-state index is 0.0714. The number of carbonyl (C=O) groups is 2. The number of aromatic nitrogens is 1. The van der Waals surface area contributed by atoms with Gasteiger partial charge in [-0.15, -0.1) is 0 Å². The molecule has 0 unspecified atom stereocenters. The van der Waals surface area contributed by atoms with Crippen molar-refractivity contribution in [2.45, 2.75) is 57.8 Å². The van der Waals surface area contributed by atoms with Crippen LogP contribution in [0.3, 0.4) is 0 Å². The molecule has 0 spiro atoms. The van der Waals surface area contributed by atoms with Gasteiger partial charge in [-0.25, -0.2) is 4.39 Å². The molecule has 7 nitrogen and oxygen atoms in total. The van der Waals surface area contributed by atoms with Gasteiger partial charge < -0.3 is 25.2 Å². The Morgan fingerprint density at radius 1 is 0.878 bits per heavy atom. The minimum Gasteiger partial charge on any atom is -0.481 e. The van der Waals surface area contributed by atoms with E-state index in [4.69, 9.17) is 5.11 Å². The van der Waals surface area contributed by atoms with Gasteiger partial charge in [-0.3, -0.25) is 9.59 Å². The molecule has 4 rings (SSSR count). The molecule has 3 aromatic carbocycles. The lowest BCUT2D eigenvalue weighted by molar-refractivity contribution is -0.139. The Labute approximate surface area is 238 Å². The van der Waals surface area contributed by atoms with E-state index in [2.05, 4.69) is 19.2 Å². The third kappa shape index (κ3) is 7.68. The Morgan fingerprint density at radius 3 is 2.22 bits per heavy atom. The molecule has 1 aromatic heterocycles. The molecular formula is C33H35FN2O5. The Balaban J connectivity index is 1.83. The van der Waals surface area contributed by atoms with Crippen molar-refractivity contribution in [3.8, 4) is 22.4 Å². The number of halogens is 1. The van der Waals surface area contributed by atoms with Gasteiger partial charge in [0.05, 0.1) is 29.9 Å². The lowest BCUT2D eigenvalue weighted by Crippen LogP contribution is -2.20. The topological polar surface area (TPSA) is 112 Å². The van der Waals surface area contributed by atoms with Crippen molar-refractivity contribution in [2.75, 3.05) is 5.32 Å². The Bertz CT molecular complexity index is 1480. The number of aliphatic carboxylic acids is 1. The highest BCUT2D eigenvalue weighted by Crippen LogP contribution is 2.39. The number of para-hydroxylation sites is 1. The second-order valence-corrected chi connectivity index (χ2v) is 10.5. The summed E-state index contributed by atoms with van der Waals surface area (Å²) in [4.78, 5) is 24.7. The number of hydrogen-bond donors (Lipinski definition) is 4. The highest BCUT2D eigenvalue weighted by atomic mass is 19.1. The average Bonchev–Trinajstić information content (AvgIpc) is 3.31. The molecule has 4 aromatic rings. The van der Waals surface area contributed by atoms with E-state index >= 15 is 0 Å². The van der Waals surface area contributed by atoms with Gasteiger partial charge in [0.2, 0.25) is 0 Å². The van der Waals surface area contributed by atoms with Crippen LogP contribution in [0.25, 0.3) is 22.4 Å². The van der Waals surface area contributed by atoms with E-state index in [-0.39, 0.29) is 31.2 Å². The molecule has 0 fully saturated rings. The number of rotatable bonds is 12. The lowest BCUT2D eigenvalue weighted by atomic mass is 9.93. The normalized spacial score (nSPS) is 12.7. The number of nitrogens with zero attached hydrogens (tertiary/aromatic N) is 1. The molecule has 0 bridgehead atoms. The van der Waals surface area contributed by atoms with Crippen molar-refractivity contribution >= 4 is 17.6 Å². The number of hydrogen-bond acceptors (Lipinski definition) is 4. The van der Waals surface area contributed by atoms with Gasteiger partial charge in [0.25, 0.3) is 5.91 Å². The maximum atomic E-state index is 13.9. The van der Waals surface area contributed by atoms with Crippen LogP contribution >= 0.6 is 0 Å². The third-order valence-corrected chi connectivity index (χ3v) is 6.97. The lowest BCUT2D eigenvalue weighted by Gasteiger charge is -2.18. The first-order valence-corrected chi connectivity index (χ1v) is 13.7. The molecule has 8 heteroatoms. The molecule has 0 radical (unpaired) electrons. The Hall–Kier alpha value is -4.27. The second-order valence-electron chi connectivity index (χ2n) is 10.5. The molecule has 4 N–H and O–H groups in total. The maximum absolute atomic E-state index is 13.9. The number of amides is 1. The van der Waals surface area contributed by atoms with Crippen molar-refractivity contribution in [1.29, 1.82) is 0 Å². The van der Waals surface area contributed by atoms with E-state index in [9.17, 15) is 24.2 Å². The molecule has 0 aliphatic rings. The van der Waals surface area contributed by atoms with Crippen molar-refractivity contribution < 1.29 is 29.3 Å². The van der Waals surface area contributed by atoms with Crippen molar-refractivity contribution in [1.82, 2.24) is 4.57 Å². The van der Waals surface area contributed by atoms with Crippen LogP contribution in [0.2, 0.25) is 0 Å². The van der Waals surface area contributed by atoms with E-state index in [0.717, 1.165) is 11.1 Å². The van der Waals surface area contributed by atoms with Gasteiger partial charge in [-0.05, 0) is 71.8 Å². The fraction of sp³-hybridized carbons (Fsp3) is 0.273. The highest BCUT2D eigenvalue weighted by molar-refractivity contribution is 6.11. The molecular weight excluding hydrogens is 523 g/mol. The number of aliphatic hydroxyl groups is 2. The fourth-order valence-corrected chi connectivity index (χ4v) is 4.86. The van der Waals surface area contributed by atoms with Crippen LogP contribution in [-0.2, 0) is 11.3 Å². The van der Waals surface area contributed by atoms with Crippen LogP contribution in [0.15, 0.2) is 85.1 Å². The molecule has 0 saturated carbocycles. The largest absolute Gasteiger partial charge is 0.481 e. The third-order valence-electron chi connectivity index (χ3n) is 6.97. The summed E-state index contributed by atoms with van der Waals surface area (Å²) in [6.07, 6.45) is -0.484. The number of nitrogens with one attached hydrogen (secondary N) is 1. The monoisotopic (exact) mass is 558 g/mol. The standard InChI is InChI=1S/C33H35FN2O5/c1-21(2)23-7-6-8-24(17-23)31-29(33(41)35-26-9-4-3-5-10-26)20-36(32(31)22-11-13-25(34)14-12-22)19-28(38)16-15-27(37)18-30(39)40/h3-14,17,20-21,27-28,37-38H,15-16,18-19H2,1-2H3,(H,35,41)(H,39,40)/t27-,28-/m1/s1. The summed E-state index contributed by atoms with van der Waals surface area (Å²) < 4.78 is 15.7. The van der Waals surface area contributed by atoms with E-state index < -0.39 is 30.4 Å². The highest BCUT2D eigenvalue weighted by Gasteiger charge is 2.25. The summed E-state index contributed by atoms with van der Waals surface area (Å²) in [7, 11) is 0. The summed E-state index contributed by atoms with van der Waals surface area (Å²) in [5.41, 5.74) is 4.84. The van der Waals surface area contributed by atoms with E-state index in [1.54, 1.807) is 35.0 Å². The van der Waals surface area contributed by atoms with E-state index in [0.29, 0.717) is 28.1 Å². The first kappa shape index (κ1) is 29.7. The van der Waals surface area contributed by atoms with Gasteiger partial charge in [0.1, 0.15) is 5.82 Å². The van der Waals surface area contributed by atoms with Crippen molar-refractivity contribution in [2.24, 2.45) is 0 Å². The van der Waals surface area contributed by atoms with Gasteiger partial charge in [-0.1, -0.05) is 56.3 Å². The van der Waals surface area contributed by atoms with E-state index in [1.807, 2.05) is 42.5 Å².